The largest absolute Gasteiger partial charge is 0.469 e. The number of allylic oxidation sites excluding steroid dienone is 1. The molecule has 0 unspecified atom stereocenters. The van der Waals surface area contributed by atoms with Gasteiger partial charge in [0.15, 0.2) is 0 Å². The molecule has 4 nitrogen and oxygen atoms in total. The molecule has 1 heterocycles. The van der Waals surface area contributed by atoms with Gasteiger partial charge in [-0.1, -0.05) is 36.4 Å². The maximum atomic E-state index is 11.7. The van der Waals surface area contributed by atoms with Gasteiger partial charge in [0.1, 0.15) is 5.76 Å². The minimum Gasteiger partial charge on any atom is -0.469 e. The summed E-state index contributed by atoms with van der Waals surface area (Å²) in [6.45, 7) is 1.73. The van der Waals surface area contributed by atoms with Crippen LogP contribution in [0.15, 0.2) is 58.3 Å². The van der Waals surface area contributed by atoms with Gasteiger partial charge in [-0.25, -0.2) is 5.43 Å². The van der Waals surface area contributed by atoms with E-state index in [0.717, 1.165) is 5.56 Å². The van der Waals surface area contributed by atoms with Crippen molar-refractivity contribution in [1.82, 2.24) is 5.43 Å². The lowest BCUT2D eigenvalue weighted by molar-refractivity contribution is 0.0953. The zero-order chi connectivity index (χ0) is 13.5. The van der Waals surface area contributed by atoms with E-state index < -0.39 is 0 Å². The average Bonchev–Trinajstić information content (AvgIpc) is 2.86. The second-order valence-corrected chi connectivity index (χ2v) is 3.88. The highest BCUT2D eigenvalue weighted by Gasteiger charge is 2.09. The van der Waals surface area contributed by atoms with Crippen molar-refractivity contribution in [3.63, 3.8) is 0 Å². The minimum atomic E-state index is -0.282. The summed E-state index contributed by atoms with van der Waals surface area (Å²) >= 11 is 0. The van der Waals surface area contributed by atoms with Gasteiger partial charge in [0, 0.05) is 6.21 Å². The molecule has 2 rings (SSSR count). The summed E-state index contributed by atoms with van der Waals surface area (Å²) in [7, 11) is 0. The lowest BCUT2D eigenvalue weighted by Crippen LogP contribution is -2.17. The number of rotatable bonds is 4. The van der Waals surface area contributed by atoms with Crippen LogP contribution in [0.4, 0.5) is 0 Å². The SMILES string of the molecule is Cc1occc1C(=O)NN=C/C=C/c1ccccc1. The molecule has 1 aromatic carbocycles. The van der Waals surface area contributed by atoms with Crippen LogP contribution in [0.1, 0.15) is 21.7 Å². The van der Waals surface area contributed by atoms with Crippen LogP contribution in [0.25, 0.3) is 6.08 Å². The third-order valence-electron chi connectivity index (χ3n) is 2.52. The van der Waals surface area contributed by atoms with Crippen molar-refractivity contribution in [3.8, 4) is 0 Å². The number of hydrazone groups is 1. The molecule has 1 amide bonds. The van der Waals surface area contributed by atoms with Gasteiger partial charge in [0.05, 0.1) is 11.8 Å². The summed E-state index contributed by atoms with van der Waals surface area (Å²) in [6.07, 6.45) is 6.67. The fraction of sp³-hybridized carbons (Fsp3) is 0.0667. The van der Waals surface area contributed by atoms with Gasteiger partial charge in [0.25, 0.3) is 5.91 Å². The standard InChI is InChI=1S/C15H14N2O2/c1-12-14(9-11-19-12)15(18)17-16-10-5-8-13-6-3-2-4-7-13/h2-11H,1H3,(H,17,18)/b8-5+,16-10?. The zero-order valence-electron chi connectivity index (χ0n) is 10.5. The lowest BCUT2D eigenvalue weighted by atomic mass is 10.2. The molecule has 0 aliphatic heterocycles. The summed E-state index contributed by atoms with van der Waals surface area (Å²) in [5, 5.41) is 3.83. The molecular formula is C15H14N2O2. The van der Waals surface area contributed by atoms with Crippen LogP contribution >= 0.6 is 0 Å². The number of aryl methyl sites for hydroxylation is 1. The molecule has 2 aromatic rings. The number of benzene rings is 1. The predicted octanol–water partition coefficient (Wildman–Crippen LogP) is 3.02. The molecule has 96 valence electrons. The molecule has 0 saturated carbocycles. The zero-order valence-corrected chi connectivity index (χ0v) is 10.5. The summed E-state index contributed by atoms with van der Waals surface area (Å²) in [5.41, 5.74) is 4.00. The maximum Gasteiger partial charge on any atom is 0.274 e. The second kappa shape index (κ2) is 6.35. The number of carbonyl (C=O) groups excluding carboxylic acids is 1. The summed E-state index contributed by atoms with van der Waals surface area (Å²) in [4.78, 5) is 11.7. The number of hydrogen-bond acceptors (Lipinski definition) is 3. The van der Waals surface area contributed by atoms with Crippen LogP contribution in [0, 0.1) is 6.92 Å². The maximum absolute atomic E-state index is 11.7. The van der Waals surface area contributed by atoms with E-state index in [1.807, 2.05) is 36.4 Å². The van der Waals surface area contributed by atoms with Crippen molar-refractivity contribution in [2.24, 2.45) is 5.10 Å². The number of furan rings is 1. The van der Waals surface area contributed by atoms with E-state index in [9.17, 15) is 4.79 Å². The van der Waals surface area contributed by atoms with Crippen molar-refractivity contribution in [2.75, 3.05) is 0 Å². The molecular weight excluding hydrogens is 240 g/mol. The van der Waals surface area contributed by atoms with E-state index in [4.69, 9.17) is 4.42 Å². The molecule has 0 aliphatic carbocycles. The average molecular weight is 254 g/mol. The van der Waals surface area contributed by atoms with E-state index in [1.165, 1.54) is 12.5 Å². The van der Waals surface area contributed by atoms with Gasteiger partial charge in [-0.3, -0.25) is 4.79 Å². The Bertz CT molecular complexity index is 598. The van der Waals surface area contributed by atoms with Gasteiger partial charge in [-0.15, -0.1) is 0 Å². The minimum absolute atomic E-state index is 0.282. The summed E-state index contributed by atoms with van der Waals surface area (Å²) < 4.78 is 5.04. The third-order valence-corrected chi connectivity index (χ3v) is 2.52. The van der Waals surface area contributed by atoms with Crippen molar-refractivity contribution in [1.29, 1.82) is 0 Å². The first-order chi connectivity index (χ1) is 9.27. The highest BCUT2D eigenvalue weighted by Crippen LogP contribution is 2.07. The Morgan fingerprint density at radius 2 is 2.05 bits per heavy atom. The normalized spacial score (nSPS) is 11.2. The van der Waals surface area contributed by atoms with Crippen LogP contribution < -0.4 is 5.43 Å². The fourth-order valence-corrected chi connectivity index (χ4v) is 1.54. The van der Waals surface area contributed by atoms with Gasteiger partial charge in [-0.05, 0) is 24.6 Å². The highest BCUT2D eigenvalue weighted by molar-refractivity contribution is 5.95. The van der Waals surface area contributed by atoms with Crippen LogP contribution in [-0.4, -0.2) is 12.1 Å². The highest BCUT2D eigenvalue weighted by atomic mass is 16.3. The van der Waals surface area contributed by atoms with Crippen molar-refractivity contribution in [3.05, 3.63) is 65.6 Å². The van der Waals surface area contributed by atoms with Gasteiger partial charge < -0.3 is 4.42 Å². The monoisotopic (exact) mass is 254 g/mol. The van der Waals surface area contributed by atoms with Gasteiger partial charge in [-0.2, -0.15) is 5.10 Å². The number of hydrogen-bond donors (Lipinski definition) is 1. The Balaban J connectivity index is 1.86. The van der Waals surface area contributed by atoms with Crippen LogP contribution in [0.3, 0.4) is 0 Å². The number of carbonyl (C=O) groups is 1. The van der Waals surface area contributed by atoms with Crippen molar-refractivity contribution < 1.29 is 9.21 Å². The van der Waals surface area contributed by atoms with E-state index >= 15 is 0 Å². The number of nitrogens with one attached hydrogen (secondary N) is 1. The molecule has 0 spiro atoms. The Labute approximate surface area is 111 Å². The molecule has 4 heteroatoms. The number of nitrogens with zero attached hydrogens (tertiary/aromatic N) is 1. The Kier molecular flexibility index (Phi) is 4.29. The van der Waals surface area contributed by atoms with E-state index in [2.05, 4.69) is 10.5 Å². The molecule has 0 bridgehead atoms. The smallest absolute Gasteiger partial charge is 0.274 e. The first-order valence-corrected chi connectivity index (χ1v) is 5.86. The molecule has 1 aromatic heterocycles. The third kappa shape index (κ3) is 3.67. The second-order valence-electron chi connectivity index (χ2n) is 3.88. The van der Waals surface area contributed by atoms with Crippen LogP contribution in [0.5, 0.6) is 0 Å². The molecule has 0 fully saturated rings. The van der Waals surface area contributed by atoms with E-state index in [1.54, 1.807) is 19.1 Å². The summed E-state index contributed by atoms with van der Waals surface area (Å²) in [6, 6.07) is 11.5. The van der Waals surface area contributed by atoms with Crippen LogP contribution in [-0.2, 0) is 0 Å². The molecule has 0 atom stereocenters. The molecule has 19 heavy (non-hydrogen) atoms. The quantitative estimate of drug-likeness (QED) is 0.673. The molecule has 0 aliphatic rings. The van der Waals surface area contributed by atoms with Crippen LogP contribution in [0.2, 0.25) is 0 Å². The first kappa shape index (κ1) is 12.8. The molecule has 1 N–H and O–H groups in total. The molecule has 0 saturated heterocycles. The Morgan fingerprint density at radius 3 is 2.74 bits per heavy atom. The topological polar surface area (TPSA) is 54.6 Å². The van der Waals surface area contributed by atoms with Crippen molar-refractivity contribution >= 4 is 18.2 Å². The number of amides is 1. The van der Waals surface area contributed by atoms with Gasteiger partial charge >= 0.3 is 0 Å². The summed E-state index contributed by atoms with van der Waals surface area (Å²) in [5.74, 6) is 0.295. The molecule has 0 radical (unpaired) electrons. The fourth-order valence-electron chi connectivity index (χ4n) is 1.54. The van der Waals surface area contributed by atoms with Gasteiger partial charge in [0.2, 0.25) is 0 Å². The van der Waals surface area contributed by atoms with Crippen molar-refractivity contribution in [2.45, 2.75) is 6.92 Å². The van der Waals surface area contributed by atoms with E-state index in [-0.39, 0.29) is 5.91 Å². The lowest BCUT2D eigenvalue weighted by Gasteiger charge is -1.95. The predicted molar refractivity (Wildman–Crippen MR) is 74.9 cm³/mol. The Hall–Kier alpha value is -2.62. The van der Waals surface area contributed by atoms with E-state index in [0.29, 0.717) is 11.3 Å². The first-order valence-electron chi connectivity index (χ1n) is 5.86. The Morgan fingerprint density at radius 1 is 1.26 bits per heavy atom.